The fourth-order valence-electron chi connectivity index (χ4n) is 3.70. The first kappa shape index (κ1) is 13.9. The van der Waals surface area contributed by atoms with Crippen LogP contribution in [0.3, 0.4) is 0 Å². The minimum absolute atomic E-state index is 0.0368. The molecule has 1 aliphatic carbocycles. The van der Waals surface area contributed by atoms with Crippen molar-refractivity contribution in [3.8, 4) is 11.5 Å². The number of amides is 1. The highest BCUT2D eigenvalue weighted by atomic mass is 16.6. The van der Waals surface area contributed by atoms with E-state index in [1.54, 1.807) is 0 Å². The summed E-state index contributed by atoms with van der Waals surface area (Å²) in [4.78, 5) is 14.9. The van der Waals surface area contributed by atoms with Gasteiger partial charge in [-0.2, -0.15) is 0 Å². The van der Waals surface area contributed by atoms with Crippen molar-refractivity contribution in [3.05, 3.63) is 24.3 Å². The van der Waals surface area contributed by atoms with Crippen molar-refractivity contribution < 1.29 is 19.0 Å². The van der Waals surface area contributed by atoms with Gasteiger partial charge in [-0.15, -0.1) is 0 Å². The lowest BCUT2D eigenvalue weighted by Crippen LogP contribution is -2.58. The number of carbonyl (C=O) groups is 1. The number of nitrogens with zero attached hydrogens (tertiary/aromatic N) is 1. The second-order valence-electron chi connectivity index (χ2n) is 6.16. The van der Waals surface area contributed by atoms with Crippen molar-refractivity contribution in [2.24, 2.45) is 0 Å². The van der Waals surface area contributed by atoms with Crippen molar-refractivity contribution in [2.45, 2.75) is 43.9 Å². The molecule has 0 N–H and O–H groups in total. The monoisotopic (exact) mass is 303 g/mol. The molecule has 4 rings (SSSR count). The van der Waals surface area contributed by atoms with Crippen LogP contribution < -0.4 is 9.47 Å². The Kier molecular flexibility index (Phi) is 3.66. The maximum atomic E-state index is 12.9. The Morgan fingerprint density at radius 2 is 1.95 bits per heavy atom. The molecule has 5 heteroatoms. The summed E-state index contributed by atoms with van der Waals surface area (Å²) in [5.41, 5.74) is 0. The average molecular weight is 303 g/mol. The quantitative estimate of drug-likeness (QED) is 0.796. The Balaban J connectivity index is 1.49. The highest BCUT2D eigenvalue weighted by Crippen LogP contribution is 2.33. The largest absolute Gasteiger partial charge is 0.485 e. The smallest absolute Gasteiger partial charge is 0.267 e. The molecular weight excluding hydrogens is 282 g/mol. The third-order valence-electron chi connectivity index (χ3n) is 4.80. The fourth-order valence-corrected chi connectivity index (χ4v) is 3.70. The van der Waals surface area contributed by atoms with E-state index in [-0.39, 0.29) is 24.7 Å². The highest BCUT2D eigenvalue weighted by molar-refractivity contribution is 5.82. The molecule has 118 valence electrons. The number of fused-ring (bicyclic) bond motifs is 2. The van der Waals surface area contributed by atoms with Gasteiger partial charge in [0, 0.05) is 6.54 Å². The molecule has 0 unspecified atom stereocenters. The number of ether oxygens (including phenoxy) is 3. The van der Waals surface area contributed by atoms with E-state index in [1.807, 2.05) is 29.2 Å². The van der Waals surface area contributed by atoms with Crippen LogP contribution in [0.25, 0.3) is 0 Å². The van der Waals surface area contributed by atoms with Gasteiger partial charge in [-0.3, -0.25) is 4.79 Å². The van der Waals surface area contributed by atoms with E-state index < -0.39 is 6.10 Å². The predicted octanol–water partition coefficient (Wildman–Crippen LogP) is 2.00. The number of benzene rings is 1. The molecule has 22 heavy (non-hydrogen) atoms. The zero-order valence-electron chi connectivity index (χ0n) is 12.6. The molecule has 0 radical (unpaired) electrons. The third kappa shape index (κ3) is 2.43. The highest BCUT2D eigenvalue weighted by Gasteiger charge is 2.40. The van der Waals surface area contributed by atoms with Gasteiger partial charge in [-0.25, -0.2) is 0 Å². The summed E-state index contributed by atoms with van der Waals surface area (Å²) in [6.45, 7) is 1.56. The van der Waals surface area contributed by atoms with Gasteiger partial charge in [-0.05, 0) is 25.0 Å². The van der Waals surface area contributed by atoms with Crippen molar-refractivity contribution in [2.75, 3.05) is 19.8 Å². The summed E-state index contributed by atoms with van der Waals surface area (Å²) in [5.74, 6) is 1.40. The van der Waals surface area contributed by atoms with Gasteiger partial charge in [0.15, 0.2) is 11.5 Å². The molecule has 0 aromatic heterocycles. The van der Waals surface area contributed by atoms with Crippen LogP contribution in [0.1, 0.15) is 25.7 Å². The Bertz CT molecular complexity index is 559. The van der Waals surface area contributed by atoms with E-state index in [0.717, 1.165) is 12.8 Å². The number of hydrogen-bond donors (Lipinski definition) is 0. The molecule has 1 saturated carbocycles. The first-order valence-electron chi connectivity index (χ1n) is 8.13. The van der Waals surface area contributed by atoms with Gasteiger partial charge < -0.3 is 19.1 Å². The Morgan fingerprint density at radius 1 is 1.14 bits per heavy atom. The lowest BCUT2D eigenvalue weighted by molar-refractivity contribution is -0.158. The number of para-hydroxylation sites is 2. The molecule has 5 nitrogen and oxygen atoms in total. The van der Waals surface area contributed by atoms with Crippen molar-refractivity contribution in [3.63, 3.8) is 0 Å². The molecule has 2 aliphatic heterocycles. The minimum atomic E-state index is -0.546. The van der Waals surface area contributed by atoms with Crippen LogP contribution in [0.4, 0.5) is 0 Å². The summed E-state index contributed by atoms with van der Waals surface area (Å²) in [7, 11) is 0. The van der Waals surface area contributed by atoms with Gasteiger partial charge in [-0.1, -0.05) is 25.0 Å². The van der Waals surface area contributed by atoms with E-state index in [1.165, 1.54) is 12.8 Å². The number of rotatable bonds is 1. The molecule has 1 amide bonds. The molecule has 3 aliphatic rings. The average Bonchev–Trinajstić information content (AvgIpc) is 2.60. The van der Waals surface area contributed by atoms with E-state index in [2.05, 4.69) is 0 Å². The molecule has 3 atom stereocenters. The predicted molar refractivity (Wildman–Crippen MR) is 80.1 cm³/mol. The molecular formula is C17H21NO4. The molecule has 1 aromatic carbocycles. The lowest BCUT2D eigenvalue weighted by Gasteiger charge is -2.45. The lowest BCUT2D eigenvalue weighted by atomic mass is 9.90. The Hall–Kier alpha value is -1.75. The molecule has 2 fully saturated rings. The van der Waals surface area contributed by atoms with Gasteiger partial charge in [0.05, 0.1) is 18.8 Å². The maximum Gasteiger partial charge on any atom is 0.267 e. The van der Waals surface area contributed by atoms with Crippen LogP contribution in [0, 0.1) is 0 Å². The second-order valence-corrected chi connectivity index (χ2v) is 6.16. The topological polar surface area (TPSA) is 48.0 Å². The van der Waals surface area contributed by atoms with Crippen LogP contribution >= 0.6 is 0 Å². The first-order valence-corrected chi connectivity index (χ1v) is 8.13. The summed E-state index contributed by atoms with van der Waals surface area (Å²) in [5, 5.41) is 0. The standard InChI is InChI=1S/C17H21NO4/c19-17(16-11-21-14-7-3-4-8-15(14)22-16)18-9-10-20-13-6-2-1-5-12(13)18/h3-4,7-8,12-13,16H,1-2,5-6,9-11H2/t12-,13-,16-/m0/s1. The van der Waals surface area contributed by atoms with Crippen LogP contribution in [0.15, 0.2) is 24.3 Å². The van der Waals surface area contributed by atoms with E-state index >= 15 is 0 Å². The maximum absolute atomic E-state index is 12.9. The number of hydrogen-bond acceptors (Lipinski definition) is 4. The first-order chi connectivity index (χ1) is 10.8. The van der Waals surface area contributed by atoms with Crippen molar-refractivity contribution in [1.82, 2.24) is 4.90 Å². The number of carbonyl (C=O) groups excluding carboxylic acids is 1. The van der Waals surface area contributed by atoms with Crippen molar-refractivity contribution in [1.29, 1.82) is 0 Å². The molecule has 0 spiro atoms. The summed E-state index contributed by atoms with van der Waals surface area (Å²) < 4.78 is 17.4. The Morgan fingerprint density at radius 3 is 2.86 bits per heavy atom. The van der Waals surface area contributed by atoms with E-state index in [9.17, 15) is 4.79 Å². The zero-order valence-corrected chi connectivity index (χ0v) is 12.6. The van der Waals surface area contributed by atoms with Crippen LogP contribution in [-0.4, -0.2) is 48.8 Å². The normalized spacial score (nSPS) is 30.5. The van der Waals surface area contributed by atoms with Crippen LogP contribution in [0.2, 0.25) is 0 Å². The third-order valence-corrected chi connectivity index (χ3v) is 4.80. The minimum Gasteiger partial charge on any atom is -0.485 e. The van der Waals surface area contributed by atoms with Crippen LogP contribution in [-0.2, 0) is 9.53 Å². The van der Waals surface area contributed by atoms with Gasteiger partial charge in [0.25, 0.3) is 5.91 Å². The van der Waals surface area contributed by atoms with E-state index in [4.69, 9.17) is 14.2 Å². The molecule has 0 bridgehead atoms. The zero-order chi connectivity index (χ0) is 14.9. The molecule has 1 aromatic rings. The van der Waals surface area contributed by atoms with Gasteiger partial charge in [0.1, 0.15) is 6.61 Å². The van der Waals surface area contributed by atoms with Gasteiger partial charge >= 0.3 is 0 Å². The summed E-state index contributed by atoms with van der Waals surface area (Å²) in [6.07, 6.45) is 4.09. The Labute approximate surface area is 130 Å². The van der Waals surface area contributed by atoms with Gasteiger partial charge in [0.2, 0.25) is 6.10 Å². The van der Waals surface area contributed by atoms with Crippen LogP contribution in [0.5, 0.6) is 11.5 Å². The summed E-state index contributed by atoms with van der Waals surface area (Å²) in [6, 6.07) is 7.70. The van der Waals surface area contributed by atoms with Crippen molar-refractivity contribution >= 4 is 5.91 Å². The second kappa shape index (κ2) is 5.80. The molecule has 1 saturated heterocycles. The fraction of sp³-hybridized carbons (Fsp3) is 0.588. The molecule has 2 heterocycles. The SMILES string of the molecule is O=C([C@@H]1COc2ccccc2O1)N1CCO[C@H]2CCCC[C@@H]21. The number of morpholine rings is 1. The summed E-state index contributed by atoms with van der Waals surface area (Å²) >= 11 is 0. The van der Waals surface area contributed by atoms with E-state index in [0.29, 0.717) is 24.7 Å².